The highest BCUT2D eigenvalue weighted by molar-refractivity contribution is 14.1. The molecule has 0 saturated carbocycles. The zero-order valence-corrected chi connectivity index (χ0v) is 22.2. The van der Waals surface area contributed by atoms with Gasteiger partial charge in [-0.1, -0.05) is 37.6 Å². The molecule has 2 amide bonds. The van der Waals surface area contributed by atoms with Gasteiger partial charge >= 0.3 is 0 Å². The van der Waals surface area contributed by atoms with Gasteiger partial charge in [0.25, 0.3) is 11.8 Å². The molecule has 9 heteroatoms. The SMILES string of the molecule is CCOc1cc(/C=N/NC(=O)C(NC(=O)c2ccccc2Cl)C(C)C)cc(I)c1OC(C)C. The lowest BCUT2D eigenvalue weighted by Gasteiger charge is -2.20. The minimum Gasteiger partial charge on any atom is -0.490 e. The summed E-state index contributed by atoms with van der Waals surface area (Å²) >= 11 is 8.27. The van der Waals surface area contributed by atoms with Crippen LogP contribution in [-0.2, 0) is 4.79 Å². The zero-order chi connectivity index (χ0) is 24.5. The van der Waals surface area contributed by atoms with Crippen LogP contribution in [0.3, 0.4) is 0 Å². The Labute approximate surface area is 213 Å². The van der Waals surface area contributed by atoms with Crippen molar-refractivity contribution in [1.29, 1.82) is 0 Å². The first-order valence-corrected chi connectivity index (χ1v) is 12.1. The molecule has 0 saturated heterocycles. The zero-order valence-electron chi connectivity index (χ0n) is 19.3. The van der Waals surface area contributed by atoms with E-state index in [1.165, 1.54) is 6.21 Å². The van der Waals surface area contributed by atoms with Crippen molar-refractivity contribution in [3.63, 3.8) is 0 Å². The van der Waals surface area contributed by atoms with Gasteiger partial charge in [0.1, 0.15) is 6.04 Å². The van der Waals surface area contributed by atoms with E-state index in [9.17, 15) is 9.59 Å². The van der Waals surface area contributed by atoms with Crippen molar-refractivity contribution in [3.05, 3.63) is 56.1 Å². The second-order valence-electron chi connectivity index (χ2n) is 7.84. The molecule has 0 radical (unpaired) electrons. The molecule has 2 rings (SSSR count). The molecule has 0 aliphatic heterocycles. The van der Waals surface area contributed by atoms with Crippen LogP contribution in [0.5, 0.6) is 11.5 Å². The molecule has 0 heterocycles. The Morgan fingerprint density at radius 2 is 1.88 bits per heavy atom. The number of carbonyl (C=O) groups is 2. The van der Waals surface area contributed by atoms with Crippen molar-refractivity contribution >= 4 is 52.2 Å². The van der Waals surface area contributed by atoms with Crippen LogP contribution in [0.4, 0.5) is 0 Å². The predicted octanol–water partition coefficient (Wildman–Crippen LogP) is 5.04. The van der Waals surface area contributed by atoms with Crippen molar-refractivity contribution < 1.29 is 19.1 Å². The van der Waals surface area contributed by atoms with Gasteiger partial charge in [0.2, 0.25) is 0 Å². The third-order valence-electron chi connectivity index (χ3n) is 4.43. The first-order valence-electron chi connectivity index (χ1n) is 10.6. The fourth-order valence-corrected chi connectivity index (χ4v) is 3.89. The molecule has 33 heavy (non-hydrogen) atoms. The molecule has 0 spiro atoms. The summed E-state index contributed by atoms with van der Waals surface area (Å²) in [7, 11) is 0. The summed E-state index contributed by atoms with van der Waals surface area (Å²) in [5.41, 5.74) is 3.55. The highest BCUT2D eigenvalue weighted by Gasteiger charge is 2.25. The number of amides is 2. The molecule has 2 N–H and O–H groups in total. The van der Waals surface area contributed by atoms with Crippen LogP contribution in [0.25, 0.3) is 0 Å². The Morgan fingerprint density at radius 3 is 2.48 bits per heavy atom. The average Bonchev–Trinajstić information content (AvgIpc) is 2.74. The molecule has 0 aromatic heterocycles. The Morgan fingerprint density at radius 1 is 1.18 bits per heavy atom. The first kappa shape index (κ1) is 26.9. The maximum Gasteiger partial charge on any atom is 0.262 e. The van der Waals surface area contributed by atoms with Crippen LogP contribution in [0.15, 0.2) is 41.5 Å². The number of hydrogen-bond acceptors (Lipinski definition) is 5. The van der Waals surface area contributed by atoms with Gasteiger partial charge in [-0.05, 0) is 79.1 Å². The van der Waals surface area contributed by atoms with Gasteiger partial charge < -0.3 is 14.8 Å². The first-order chi connectivity index (χ1) is 15.6. The number of hydrazone groups is 1. The number of halogens is 2. The van der Waals surface area contributed by atoms with Crippen LogP contribution >= 0.6 is 34.2 Å². The van der Waals surface area contributed by atoms with E-state index < -0.39 is 17.9 Å². The largest absolute Gasteiger partial charge is 0.490 e. The number of nitrogens with zero attached hydrogens (tertiary/aromatic N) is 1. The molecule has 2 aromatic carbocycles. The van der Waals surface area contributed by atoms with Crippen LogP contribution in [0.2, 0.25) is 5.02 Å². The van der Waals surface area contributed by atoms with E-state index in [1.54, 1.807) is 30.3 Å². The molecule has 2 aromatic rings. The van der Waals surface area contributed by atoms with E-state index in [4.69, 9.17) is 21.1 Å². The minimum absolute atomic E-state index is 0.00507. The van der Waals surface area contributed by atoms with E-state index in [0.717, 1.165) is 9.13 Å². The van der Waals surface area contributed by atoms with Crippen molar-refractivity contribution in [2.45, 2.75) is 46.8 Å². The van der Waals surface area contributed by atoms with Crippen molar-refractivity contribution in [2.24, 2.45) is 11.0 Å². The number of carbonyl (C=O) groups excluding carboxylic acids is 2. The summed E-state index contributed by atoms with van der Waals surface area (Å²) in [6.07, 6.45) is 1.53. The van der Waals surface area contributed by atoms with E-state index in [1.807, 2.05) is 40.7 Å². The molecule has 0 fully saturated rings. The summed E-state index contributed by atoms with van der Waals surface area (Å²) in [6, 6.07) is 9.58. The maximum atomic E-state index is 12.7. The van der Waals surface area contributed by atoms with E-state index >= 15 is 0 Å². The maximum absolute atomic E-state index is 12.7. The molecular formula is C24H29ClIN3O4. The van der Waals surface area contributed by atoms with Gasteiger partial charge in [0.15, 0.2) is 11.5 Å². The second kappa shape index (κ2) is 12.8. The Balaban J connectivity index is 2.13. The summed E-state index contributed by atoms with van der Waals surface area (Å²) in [5.74, 6) is 0.273. The van der Waals surface area contributed by atoms with Gasteiger partial charge in [-0.25, -0.2) is 5.43 Å². The van der Waals surface area contributed by atoms with Gasteiger partial charge in [-0.3, -0.25) is 9.59 Å². The van der Waals surface area contributed by atoms with E-state index in [-0.39, 0.29) is 12.0 Å². The molecule has 178 valence electrons. The molecule has 0 aliphatic rings. The van der Waals surface area contributed by atoms with E-state index in [0.29, 0.717) is 28.7 Å². The Bertz CT molecular complexity index is 1010. The summed E-state index contributed by atoms with van der Waals surface area (Å²) in [6.45, 7) is 9.97. The van der Waals surface area contributed by atoms with Crippen molar-refractivity contribution in [1.82, 2.24) is 10.7 Å². The van der Waals surface area contributed by atoms with Crippen molar-refractivity contribution in [3.8, 4) is 11.5 Å². The number of nitrogens with one attached hydrogen (secondary N) is 2. The van der Waals surface area contributed by atoms with Crippen molar-refractivity contribution in [2.75, 3.05) is 6.61 Å². The fourth-order valence-electron chi connectivity index (χ4n) is 2.91. The normalized spacial score (nSPS) is 12.2. The standard InChI is InChI=1S/C24H29ClIN3O4/c1-6-32-20-12-16(11-19(26)22(20)33-15(4)5)13-27-29-24(31)21(14(2)3)28-23(30)17-9-7-8-10-18(17)25/h7-15,21H,6H2,1-5H3,(H,28,30)(H,29,31)/b27-13+. The fraction of sp³-hybridized carbons (Fsp3) is 0.375. The van der Waals surface area contributed by atoms with Crippen LogP contribution in [0.1, 0.15) is 50.5 Å². The monoisotopic (exact) mass is 585 g/mol. The highest BCUT2D eigenvalue weighted by atomic mass is 127. The second-order valence-corrected chi connectivity index (χ2v) is 9.41. The lowest BCUT2D eigenvalue weighted by atomic mass is 10.0. The van der Waals surface area contributed by atoms with Gasteiger partial charge in [0.05, 0.1) is 33.1 Å². The Kier molecular flexibility index (Phi) is 10.4. The van der Waals surface area contributed by atoms with Gasteiger partial charge in [0, 0.05) is 0 Å². The quantitative estimate of drug-likeness (QED) is 0.232. The van der Waals surface area contributed by atoms with Gasteiger partial charge in [-0.2, -0.15) is 5.10 Å². The molecular weight excluding hydrogens is 557 g/mol. The number of ether oxygens (including phenoxy) is 2. The van der Waals surface area contributed by atoms with Crippen LogP contribution < -0.4 is 20.2 Å². The number of hydrogen-bond donors (Lipinski definition) is 2. The molecule has 7 nitrogen and oxygen atoms in total. The smallest absolute Gasteiger partial charge is 0.262 e. The third kappa shape index (κ3) is 7.89. The predicted molar refractivity (Wildman–Crippen MR) is 139 cm³/mol. The van der Waals surface area contributed by atoms with Crippen LogP contribution in [0, 0.1) is 9.49 Å². The molecule has 1 unspecified atom stereocenters. The topological polar surface area (TPSA) is 89.0 Å². The molecule has 0 aliphatic carbocycles. The van der Waals surface area contributed by atoms with E-state index in [2.05, 4.69) is 38.4 Å². The third-order valence-corrected chi connectivity index (χ3v) is 5.56. The lowest BCUT2D eigenvalue weighted by molar-refractivity contribution is -0.123. The summed E-state index contributed by atoms with van der Waals surface area (Å²) < 4.78 is 12.5. The van der Waals surface area contributed by atoms with Gasteiger partial charge in [-0.15, -0.1) is 0 Å². The number of rotatable bonds is 10. The minimum atomic E-state index is -0.785. The molecule has 0 bridgehead atoms. The average molecular weight is 586 g/mol. The summed E-state index contributed by atoms with van der Waals surface area (Å²) in [5, 5.41) is 7.13. The summed E-state index contributed by atoms with van der Waals surface area (Å²) in [4.78, 5) is 25.3. The van der Waals surface area contributed by atoms with Crippen LogP contribution in [-0.4, -0.2) is 36.8 Å². The Hall–Kier alpha value is -2.33. The lowest BCUT2D eigenvalue weighted by Crippen LogP contribution is -2.48. The molecule has 1 atom stereocenters. The highest BCUT2D eigenvalue weighted by Crippen LogP contribution is 2.34. The number of benzene rings is 2.